The lowest BCUT2D eigenvalue weighted by molar-refractivity contribution is 0.149. The Morgan fingerprint density at radius 2 is 2.00 bits per heavy atom. The third kappa shape index (κ3) is 4.48. The van der Waals surface area contributed by atoms with Crippen molar-refractivity contribution in [1.29, 1.82) is 5.26 Å². The van der Waals surface area contributed by atoms with Gasteiger partial charge in [-0.05, 0) is 52.9 Å². The van der Waals surface area contributed by atoms with E-state index >= 15 is 0 Å². The van der Waals surface area contributed by atoms with Gasteiger partial charge < -0.3 is 15.5 Å². The number of hydrogen-bond donors (Lipinski definition) is 1. The summed E-state index contributed by atoms with van der Waals surface area (Å²) in [5.41, 5.74) is 5.15. The minimum Gasteiger partial charge on any atom is -0.313 e. The number of nitrogens with zero attached hydrogens (tertiary/aromatic N) is 3. The maximum Gasteiger partial charge on any atom is 0.114 e. The molecule has 1 aliphatic heterocycles. The van der Waals surface area contributed by atoms with Gasteiger partial charge in [-0.2, -0.15) is 5.26 Å². The third-order valence-electron chi connectivity index (χ3n) is 3.14. The summed E-state index contributed by atoms with van der Waals surface area (Å²) < 4.78 is 0. The van der Waals surface area contributed by atoms with Gasteiger partial charge in [0, 0.05) is 13.1 Å². The minimum absolute atomic E-state index is 0.693. The van der Waals surface area contributed by atoms with Crippen LogP contribution in [-0.4, -0.2) is 55.6 Å². The van der Waals surface area contributed by atoms with E-state index in [2.05, 4.69) is 30.0 Å². The molecule has 4 heteroatoms. The third-order valence-corrected chi connectivity index (χ3v) is 3.14. The topological polar surface area (TPSA) is 56.3 Å². The molecule has 1 fully saturated rings. The first-order valence-electron chi connectivity index (χ1n) is 6.00. The highest BCUT2D eigenvalue weighted by atomic mass is 15.2. The van der Waals surface area contributed by atoms with E-state index in [4.69, 9.17) is 11.0 Å². The SMILES string of the molecule is CN(C)CC1CCN(CC(C)(N)C#N)CC1. The second-order valence-electron chi connectivity index (χ2n) is 5.51. The maximum absolute atomic E-state index is 8.89. The van der Waals surface area contributed by atoms with Crippen LogP contribution in [0.25, 0.3) is 0 Å². The lowest BCUT2D eigenvalue weighted by atomic mass is 9.95. The monoisotopic (exact) mass is 224 g/mol. The van der Waals surface area contributed by atoms with Gasteiger partial charge in [-0.25, -0.2) is 0 Å². The van der Waals surface area contributed by atoms with Gasteiger partial charge in [0.15, 0.2) is 0 Å². The van der Waals surface area contributed by atoms with E-state index in [-0.39, 0.29) is 0 Å². The van der Waals surface area contributed by atoms with Crippen LogP contribution in [-0.2, 0) is 0 Å². The molecule has 0 aliphatic carbocycles. The first-order valence-corrected chi connectivity index (χ1v) is 6.00. The lowest BCUT2D eigenvalue weighted by Crippen LogP contribution is -2.49. The van der Waals surface area contributed by atoms with Gasteiger partial charge in [-0.3, -0.25) is 0 Å². The van der Waals surface area contributed by atoms with Gasteiger partial charge in [0.25, 0.3) is 0 Å². The summed E-state index contributed by atoms with van der Waals surface area (Å²) in [5.74, 6) is 0.803. The van der Waals surface area contributed by atoms with E-state index in [1.807, 2.05) is 0 Å². The average molecular weight is 224 g/mol. The molecule has 1 unspecified atom stereocenters. The van der Waals surface area contributed by atoms with Crippen LogP contribution < -0.4 is 5.73 Å². The molecule has 2 N–H and O–H groups in total. The van der Waals surface area contributed by atoms with Crippen molar-refractivity contribution in [2.45, 2.75) is 25.3 Å². The Balaban J connectivity index is 2.30. The number of nitriles is 1. The Bertz CT molecular complexity index is 246. The van der Waals surface area contributed by atoms with Crippen molar-refractivity contribution in [2.24, 2.45) is 11.7 Å². The molecule has 1 heterocycles. The van der Waals surface area contributed by atoms with Gasteiger partial charge in [-0.15, -0.1) is 0 Å². The van der Waals surface area contributed by atoms with Crippen LogP contribution in [0.5, 0.6) is 0 Å². The normalized spacial score (nSPS) is 23.0. The fraction of sp³-hybridized carbons (Fsp3) is 0.917. The van der Waals surface area contributed by atoms with Gasteiger partial charge in [0.2, 0.25) is 0 Å². The van der Waals surface area contributed by atoms with Crippen LogP contribution in [0.15, 0.2) is 0 Å². The summed E-state index contributed by atoms with van der Waals surface area (Å²) in [7, 11) is 4.25. The summed E-state index contributed by atoms with van der Waals surface area (Å²) in [6, 6.07) is 2.16. The lowest BCUT2D eigenvalue weighted by Gasteiger charge is -2.35. The second kappa shape index (κ2) is 5.62. The molecule has 1 atom stereocenters. The summed E-state index contributed by atoms with van der Waals surface area (Å²) in [5, 5.41) is 8.89. The second-order valence-corrected chi connectivity index (χ2v) is 5.51. The first-order chi connectivity index (χ1) is 7.43. The van der Waals surface area contributed by atoms with Crippen LogP contribution in [0.4, 0.5) is 0 Å². The van der Waals surface area contributed by atoms with E-state index in [0.717, 1.165) is 19.0 Å². The quantitative estimate of drug-likeness (QED) is 0.755. The summed E-state index contributed by atoms with van der Waals surface area (Å²) in [6.07, 6.45) is 2.44. The molecule has 1 saturated heterocycles. The fourth-order valence-corrected chi connectivity index (χ4v) is 2.34. The van der Waals surface area contributed by atoms with E-state index in [1.165, 1.54) is 19.4 Å². The van der Waals surface area contributed by atoms with Crippen LogP contribution in [0.3, 0.4) is 0 Å². The number of piperidine rings is 1. The Labute approximate surface area is 99.0 Å². The van der Waals surface area contributed by atoms with E-state index < -0.39 is 5.54 Å². The van der Waals surface area contributed by atoms with E-state index in [9.17, 15) is 0 Å². The van der Waals surface area contributed by atoms with Crippen molar-refractivity contribution in [1.82, 2.24) is 9.80 Å². The average Bonchev–Trinajstić information content (AvgIpc) is 2.20. The zero-order valence-electron chi connectivity index (χ0n) is 10.7. The van der Waals surface area contributed by atoms with Crippen LogP contribution in [0.2, 0.25) is 0 Å². The first kappa shape index (κ1) is 13.4. The molecule has 1 rings (SSSR count). The molecule has 0 spiro atoms. The Morgan fingerprint density at radius 1 is 1.44 bits per heavy atom. The van der Waals surface area contributed by atoms with Gasteiger partial charge >= 0.3 is 0 Å². The van der Waals surface area contributed by atoms with Crippen molar-refractivity contribution in [3.8, 4) is 6.07 Å². The largest absolute Gasteiger partial charge is 0.313 e. The number of hydrogen-bond acceptors (Lipinski definition) is 4. The molecule has 0 bridgehead atoms. The van der Waals surface area contributed by atoms with E-state index in [0.29, 0.717) is 6.54 Å². The molecule has 0 radical (unpaired) electrons. The van der Waals surface area contributed by atoms with Crippen molar-refractivity contribution in [2.75, 3.05) is 40.3 Å². The van der Waals surface area contributed by atoms with Crippen LogP contribution >= 0.6 is 0 Å². The van der Waals surface area contributed by atoms with Crippen molar-refractivity contribution in [3.63, 3.8) is 0 Å². The van der Waals surface area contributed by atoms with Gasteiger partial charge in [0.1, 0.15) is 5.54 Å². The number of likely N-dealkylation sites (tertiary alicyclic amines) is 1. The molecule has 0 amide bonds. The Morgan fingerprint density at radius 3 is 2.44 bits per heavy atom. The molecule has 1 aliphatic rings. The zero-order valence-corrected chi connectivity index (χ0v) is 10.7. The van der Waals surface area contributed by atoms with Gasteiger partial charge in [0.05, 0.1) is 6.07 Å². The maximum atomic E-state index is 8.89. The highest BCUT2D eigenvalue weighted by Gasteiger charge is 2.25. The predicted octanol–water partition coefficient (Wildman–Crippen LogP) is 0.501. The standard InChI is InChI=1S/C12H24N4/c1-12(14,9-13)10-16-6-4-11(5-7-16)8-15(2)3/h11H,4-8,10,14H2,1-3H3. The Kier molecular flexibility index (Phi) is 4.72. The molecule has 4 nitrogen and oxygen atoms in total. The predicted molar refractivity (Wildman–Crippen MR) is 65.9 cm³/mol. The molecule has 16 heavy (non-hydrogen) atoms. The molecule has 0 aromatic rings. The van der Waals surface area contributed by atoms with Gasteiger partial charge in [-0.1, -0.05) is 0 Å². The smallest absolute Gasteiger partial charge is 0.114 e. The van der Waals surface area contributed by atoms with Crippen molar-refractivity contribution < 1.29 is 0 Å². The van der Waals surface area contributed by atoms with Crippen molar-refractivity contribution in [3.05, 3.63) is 0 Å². The molecule has 92 valence electrons. The van der Waals surface area contributed by atoms with E-state index in [1.54, 1.807) is 6.92 Å². The molecular weight excluding hydrogens is 200 g/mol. The van der Waals surface area contributed by atoms with Crippen molar-refractivity contribution >= 4 is 0 Å². The summed E-state index contributed by atoms with van der Waals surface area (Å²) in [4.78, 5) is 4.57. The molecule has 0 saturated carbocycles. The zero-order chi connectivity index (χ0) is 12.2. The molecule has 0 aromatic carbocycles. The summed E-state index contributed by atoms with van der Waals surface area (Å²) >= 11 is 0. The molecule has 0 aromatic heterocycles. The molecular formula is C12H24N4. The Hall–Kier alpha value is -0.630. The van der Waals surface area contributed by atoms with Crippen LogP contribution in [0.1, 0.15) is 19.8 Å². The number of rotatable bonds is 4. The van der Waals surface area contributed by atoms with Crippen LogP contribution in [0, 0.1) is 17.2 Å². The number of nitrogens with two attached hydrogens (primary N) is 1. The fourth-order valence-electron chi connectivity index (χ4n) is 2.34. The highest BCUT2D eigenvalue weighted by molar-refractivity contribution is 5.03. The highest BCUT2D eigenvalue weighted by Crippen LogP contribution is 2.18. The summed E-state index contributed by atoms with van der Waals surface area (Å²) in [6.45, 7) is 5.82. The minimum atomic E-state index is -0.700.